The number of hydrogen-bond acceptors (Lipinski definition) is 6. The van der Waals surface area contributed by atoms with Crippen LogP contribution in [0.2, 0.25) is 0 Å². The van der Waals surface area contributed by atoms with Crippen molar-refractivity contribution in [3.05, 3.63) is 53.9 Å². The maximum absolute atomic E-state index is 13.4. The summed E-state index contributed by atoms with van der Waals surface area (Å²) in [6.07, 6.45) is 4.02. The lowest BCUT2D eigenvalue weighted by atomic mass is 10.0. The summed E-state index contributed by atoms with van der Waals surface area (Å²) in [7, 11) is 3.32. The van der Waals surface area contributed by atoms with Crippen LogP contribution in [0.1, 0.15) is 54.3 Å². The fraction of sp³-hybridized carbons (Fsp3) is 0.481. The minimum atomic E-state index is -0.296. The number of nitrogens with one attached hydrogen (secondary N) is 1. The number of aromatic nitrogens is 1. The molecule has 1 N–H and O–H groups in total. The topological polar surface area (TPSA) is 101 Å². The van der Waals surface area contributed by atoms with E-state index in [0.29, 0.717) is 42.1 Å². The van der Waals surface area contributed by atoms with Crippen molar-refractivity contribution in [2.24, 2.45) is 5.92 Å². The summed E-state index contributed by atoms with van der Waals surface area (Å²) in [6, 6.07) is 8.15. The molecule has 0 unspecified atom stereocenters. The lowest BCUT2D eigenvalue weighted by Crippen LogP contribution is -2.48. The molecule has 1 aliphatic rings. The van der Waals surface area contributed by atoms with Crippen LogP contribution in [0.4, 0.5) is 5.69 Å². The highest BCUT2D eigenvalue weighted by Crippen LogP contribution is 2.27. The summed E-state index contributed by atoms with van der Waals surface area (Å²) < 4.78 is 11.9. The standard InChI is InChI=1S/C27H36N4O5/c1-6-7-25(32)29-21-8-9-23-22(14-21)27(34)30(4)16-24(35-5)18(2)15-31(19(3)17-36-23)26(33)20-10-12-28-13-11-20/h8-14,18-19,24H,6-7,15-17H2,1-5H3,(H,29,32)/t18-,19-,24+/m0/s1. The SMILES string of the molecule is CCCC(=O)Nc1ccc2c(c1)C(=O)N(C)C[C@@H](OC)[C@@H](C)CN(C(=O)c1ccncc1)[C@@H](C)CO2. The van der Waals surface area contributed by atoms with Crippen LogP contribution < -0.4 is 10.1 Å². The Balaban J connectivity index is 1.96. The van der Waals surface area contributed by atoms with Gasteiger partial charge < -0.3 is 24.6 Å². The zero-order valence-corrected chi connectivity index (χ0v) is 21.7. The van der Waals surface area contributed by atoms with E-state index >= 15 is 0 Å². The van der Waals surface area contributed by atoms with Crippen molar-refractivity contribution in [3.63, 3.8) is 0 Å². The molecule has 0 radical (unpaired) electrons. The number of hydrogen-bond donors (Lipinski definition) is 1. The summed E-state index contributed by atoms with van der Waals surface area (Å²) in [5, 5.41) is 2.84. The largest absolute Gasteiger partial charge is 0.491 e. The molecule has 36 heavy (non-hydrogen) atoms. The van der Waals surface area contributed by atoms with Crippen molar-refractivity contribution in [2.45, 2.75) is 45.8 Å². The second kappa shape index (κ2) is 12.5. The Bertz CT molecular complexity index is 1060. The number of anilines is 1. The monoisotopic (exact) mass is 496 g/mol. The number of rotatable bonds is 5. The second-order valence-electron chi connectivity index (χ2n) is 9.30. The van der Waals surface area contributed by atoms with Crippen molar-refractivity contribution in [3.8, 4) is 5.75 Å². The maximum atomic E-state index is 13.4. The number of methoxy groups -OCH3 is 1. The zero-order valence-electron chi connectivity index (χ0n) is 21.7. The molecule has 0 saturated heterocycles. The maximum Gasteiger partial charge on any atom is 0.257 e. The number of carbonyl (C=O) groups is 3. The third kappa shape index (κ3) is 6.60. The molecule has 0 spiro atoms. The molecule has 0 bridgehead atoms. The van der Waals surface area contributed by atoms with E-state index in [4.69, 9.17) is 9.47 Å². The summed E-state index contributed by atoms with van der Waals surface area (Å²) >= 11 is 0. The van der Waals surface area contributed by atoms with E-state index < -0.39 is 0 Å². The summed E-state index contributed by atoms with van der Waals surface area (Å²) in [5.74, 6) is -0.127. The van der Waals surface area contributed by atoms with Gasteiger partial charge in [-0.25, -0.2) is 0 Å². The normalized spacial score (nSPS) is 21.0. The van der Waals surface area contributed by atoms with E-state index in [1.54, 1.807) is 66.7 Å². The van der Waals surface area contributed by atoms with E-state index in [2.05, 4.69) is 10.3 Å². The van der Waals surface area contributed by atoms with Crippen LogP contribution in [0.25, 0.3) is 0 Å². The molecule has 3 amide bonds. The predicted molar refractivity (Wildman–Crippen MR) is 137 cm³/mol. The quantitative estimate of drug-likeness (QED) is 0.680. The minimum Gasteiger partial charge on any atom is -0.491 e. The van der Waals surface area contributed by atoms with Gasteiger partial charge in [-0.3, -0.25) is 19.4 Å². The number of fused-ring (bicyclic) bond motifs is 1. The third-order valence-electron chi connectivity index (χ3n) is 6.39. The number of benzene rings is 1. The molecule has 1 aromatic carbocycles. The number of pyridine rings is 1. The van der Waals surface area contributed by atoms with Crippen LogP contribution in [0.15, 0.2) is 42.7 Å². The number of ether oxygens (including phenoxy) is 2. The van der Waals surface area contributed by atoms with Crippen molar-refractivity contribution >= 4 is 23.4 Å². The van der Waals surface area contributed by atoms with Crippen LogP contribution in [-0.2, 0) is 9.53 Å². The fourth-order valence-corrected chi connectivity index (χ4v) is 4.25. The van der Waals surface area contributed by atoms with E-state index in [1.807, 2.05) is 20.8 Å². The first-order valence-electron chi connectivity index (χ1n) is 12.3. The molecule has 0 fully saturated rings. The van der Waals surface area contributed by atoms with E-state index in [9.17, 15) is 14.4 Å². The average Bonchev–Trinajstić information content (AvgIpc) is 2.88. The Hall–Kier alpha value is -3.46. The Morgan fingerprint density at radius 2 is 1.89 bits per heavy atom. The number of nitrogens with zero attached hydrogens (tertiary/aromatic N) is 3. The second-order valence-corrected chi connectivity index (χ2v) is 9.30. The van der Waals surface area contributed by atoms with Gasteiger partial charge in [-0.2, -0.15) is 0 Å². The fourth-order valence-electron chi connectivity index (χ4n) is 4.25. The highest BCUT2D eigenvalue weighted by Gasteiger charge is 2.31. The molecule has 0 aliphatic carbocycles. The first kappa shape index (κ1) is 27.1. The first-order chi connectivity index (χ1) is 17.2. The molecule has 0 saturated carbocycles. The van der Waals surface area contributed by atoms with Gasteiger partial charge in [0.2, 0.25) is 5.91 Å². The van der Waals surface area contributed by atoms with Gasteiger partial charge in [0.05, 0.1) is 17.7 Å². The Kier molecular flexibility index (Phi) is 9.41. The van der Waals surface area contributed by atoms with Gasteiger partial charge in [-0.15, -0.1) is 0 Å². The van der Waals surface area contributed by atoms with Gasteiger partial charge in [0.25, 0.3) is 11.8 Å². The molecule has 1 aromatic heterocycles. The van der Waals surface area contributed by atoms with Crippen molar-refractivity contribution in [1.29, 1.82) is 0 Å². The Morgan fingerprint density at radius 3 is 2.56 bits per heavy atom. The number of carbonyl (C=O) groups excluding carboxylic acids is 3. The molecule has 1 aliphatic heterocycles. The third-order valence-corrected chi connectivity index (χ3v) is 6.39. The minimum absolute atomic E-state index is 0.0583. The van der Waals surface area contributed by atoms with Crippen molar-refractivity contribution < 1.29 is 23.9 Å². The first-order valence-corrected chi connectivity index (χ1v) is 12.3. The molecule has 2 aromatic rings. The summed E-state index contributed by atoms with van der Waals surface area (Å²) in [4.78, 5) is 46.4. The lowest BCUT2D eigenvalue weighted by Gasteiger charge is -2.36. The number of likely N-dealkylation sites (N-methyl/N-ethyl adjacent to an activating group) is 1. The lowest BCUT2D eigenvalue weighted by molar-refractivity contribution is -0.116. The van der Waals surface area contributed by atoms with Gasteiger partial charge >= 0.3 is 0 Å². The summed E-state index contributed by atoms with van der Waals surface area (Å²) in [5.41, 5.74) is 1.42. The van der Waals surface area contributed by atoms with Crippen LogP contribution in [0.3, 0.4) is 0 Å². The van der Waals surface area contributed by atoms with Crippen LogP contribution >= 0.6 is 0 Å². The smallest absolute Gasteiger partial charge is 0.257 e. The highest BCUT2D eigenvalue weighted by molar-refractivity contribution is 5.99. The predicted octanol–water partition coefficient (Wildman–Crippen LogP) is 3.47. The van der Waals surface area contributed by atoms with E-state index in [0.717, 1.165) is 6.42 Å². The van der Waals surface area contributed by atoms with Crippen LogP contribution in [0.5, 0.6) is 5.75 Å². The molecule has 3 rings (SSSR count). The van der Waals surface area contributed by atoms with E-state index in [-0.39, 0.29) is 42.4 Å². The molecule has 194 valence electrons. The molecule has 3 atom stereocenters. The van der Waals surface area contributed by atoms with Crippen molar-refractivity contribution in [1.82, 2.24) is 14.8 Å². The summed E-state index contributed by atoms with van der Waals surface area (Å²) in [6.45, 7) is 6.81. The van der Waals surface area contributed by atoms with Gasteiger partial charge in [0.15, 0.2) is 0 Å². The molecular weight excluding hydrogens is 460 g/mol. The Labute approximate surface area is 212 Å². The molecule has 9 heteroatoms. The van der Waals surface area contributed by atoms with Gasteiger partial charge in [-0.1, -0.05) is 13.8 Å². The van der Waals surface area contributed by atoms with Gasteiger partial charge in [0, 0.05) is 63.2 Å². The van der Waals surface area contributed by atoms with Crippen LogP contribution in [-0.4, -0.2) is 78.5 Å². The van der Waals surface area contributed by atoms with Crippen LogP contribution in [0, 0.1) is 5.92 Å². The Morgan fingerprint density at radius 1 is 1.17 bits per heavy atom. The molecule has 9 nitrogen and oxygen atoms in total. The molecular formula is C27H36N4O5. The highest BCUT2D eigenvalue weighted by atomic mass is 16.5. The van der Waals surface area contributed by atoms with Gasteiger partial charge in [0.1, 0.15) is 12.4 Å². The van der Waals surface area contributed by atoms with Gasteiger partial charge in [-0.05, 0) is 43.7 Å². The average molecular weight is 497 g/mol. The van der Waals surface area contributed by atoms with E-state index in [1.165, 1.54) is 0 Å². The zero-order chi connectivity index (χ0) is 26.2. The number of amides is 3. The van der Waals surface area contributed by atoms with Crippen molar-refractivity contribution in [2.75, 3.05) is 39.2 Å². The molecule has 2 heterocycles.